The third kappa shape index (κ3) is 2.69. The number of rotatable bonds is 5. The van der Waals surface area contributed by atoms with Crippen LogP contribution in [0, 0.1) is 0 Å². The molecule has 7 nitrogen and oxygen atoms in total. The highest BCUT2D eigenvalue weighted by Gasteiger charge is 2.20. The smallest absolute Gasteiger partial charge is 0.262 e. The molecule has 0 bridgehead atoms. The predicted molar refractivity (Wildman–Crippen MR) is 95.9 cm³/mol. The number of hydrogen-bond donors (Lipinski definition) is 1. The average molecular weight is 348 g/mol. The maximum Gasteiger partial charge on any atom is 0.262 e. The Balaban J connectivity index is 1.77. The van der Waals surface area contributed by atoms with Crippen LogP contribution in [0.3, 0.4) is 0 Å². The maximum atomic E-state index is 5.48. The van der Waals surface area contributed by atoms with Crippen LogP contribution in [0.1, 0.15) is 0 Å². The van der Waals surface area contributed by atoms with Crippen molar-refractivity contribution in [2.45, 2.75) is 0 Å². The second-order valence-electron chi connectivity index (χ2n) is 5.49. The molecular formula is C19H16N4O3. The van der Waals surface area contributed by atoms with Crippen LogP contribution in [0.2, 0.25) is 0 Å². The minimum absolute atomic E-state index is 0.373. The van der Waals surface area contributed by atoms with E-state index in [1.54, 1.807) is 20.4 Å². The van der Waals surface area contributed by atoms with Gasteiger partial charge in [0, 0.05) is 5.56 Å². The zero-order chi connectivity index (χ0) is 17.9. The molecule has 0 aliphatic carbocycles. The van der Waals surface area contributed by atoms with Gasteiger partial charge in [-0.25, -0.2) is 0 Å². The van der Waals surface area contributed by atoms with Crippen LogP contribution in [-0.2, 0) is 0 Å². The second kappa shape index (κ2) is 6.72. The number of ether oxygens (including phenoxy) is 2. The lowest BCUT2D eigenvalue weighted by Gasteiger charge is -2.09. The molecule has 1 N–H and O–H groups in total. The van der Waals surface area contributed by atoms with Crippen molar-refractivity contribution >= 4 is 0 Å². The van der Waals surface area contributed by atoms with Gasteiger partial charge in [-0.2, -0.15) is 10.1 Å². The Morgan fingerprint density at radius 1 is 0.923 bits per heavy atom. The number of hydrogen-bond acceptors (Lipinski definition) is 6. The first kappa shape index (κ1) is 15.9. The summed E-state index contributed by atoms with van der Waals surface area (Å²) in [5, 5.41) is 11.2. The van der Waals surface area contributed by atoms with Crippen LogP contribution in [0.25, 0.3) is 34.1 Å². The van der Waals surface area contributed by atoms with Gasteiger partial charge in [0.15, 0.2) is 11.5 Å². The predicted octanol–water partition coefficient (Wildman–Crippen LogP) is 3.81. The minimum atomic E-state index is 0.373. The average Bonchev–Trinajstić information content (AvgIpc) is 3.37. The molecule has 0 spiro atoms. The van der Waals surface area contributed by atoms with Crippen molar-refractivity contribution < 1.29 is 14.0 Å². The lowest BCUT2D eigenvalue weighted by atomic mass is 10.1. The van der Waals surface area contributed by atoms with Crippen LogP contribution >= 0.6 is 0 Å². The van der Waals surface area contributed by atoms with Gasteiger partial charge in [-0.1, -0.05) is 41.6 Å². The van der Waals surface area contributed by atoms with Crippen LogP contribution in [-0.4, -0.2) is 34.6 Å². The van der Waals surface area contributed by atoms with Gasteiger partial charge < -0.3 is 14.0 Å². The topological polar surface area (TPSA) is 86.1 Å². The number of H-pyrrole nitrogens is 1. The summed E-state index contributed by atoms with van der Waals surface area (Å²) in [5.41, 5.74) is 3.22. The SMILES string of the molecule is COc1cccc(-c2noc(-c3cn[nH]c3-c3ccccc3)n2)c1OC. The highest BCUT2D eigenvalue weighted by molar-refractivity contribution is 5.77. The summed E-state index contributed by atoms with van der Waals surface area (Å²) in [4.78, 5) is 4.52. The summed E-state index contributed by atoms with van der Waals surface area (Å²) in [6.07, 6.45) is 1.67. The van der Waals surface area contributed by atoms with Gasteiger partial charge in [0.1, 0.15) is 0 Å². The molecule has 0 amide bonds. The molecule has 2 aromatic carbocycles. The van der Waals surface area contributed by atoms with Crippen LogP contribution in [0.4, 0.5) is 0 Å². The molecule has 7 heteroatoms. The summed E-state index contributed by atoms with van der Waals surface area (Å²) in [5.74, 6) is 1.94. The van der Waals surface area contributed by atoms with E-state index in [1.807, 2.05) is 48.5 Å². The standard InChI is InChI=1S/C19H16N4O3/c1-24-15-10-6-9-13(17(15)25-2)18-21-19(26-23-18)14-11-20-22-16(14)12-7-4-3-5-8-12/h3-11H,1-2H3,(H,20,22). The van der Waals surface area contributed by atoms with Crippen molar-refractivity contribution in [2.75, 3.05) is 14.2 Å². The van der Waals surface area contributed by atoms with Gasteiger partial charge in [0.25, 0.3) is 5.89 Å². The Morgan fingerprint density at radius 2 is 1.77 bits per heavy atom. The van der Waals surface area contributed by atoms with Gasteiger partial charge in [-0.15, -0.1) is 0 Å². The molecule has 0 aliphatic rings. The van der Waals surface area contributed by atoms with E-state index in [0.717, 1.165) is 16.8 Å². The van der Waals surface area contributed by atoms with E-state index in [1.165, 1.54) is 0 Å². The zero-order valence-electron chi connectivity index (χ0n) is 14.3. The fourth-order valence-corrected chi connectivity index (χ4v) is 2.78. The number of para-hydroxylation sites is 1. The van der Waals surface area contributed by atoms with E-state index in [4.69, 9.17) is 14.0 Å². The summed E-state index contributed by atoms with van der Waals surface area (Å²) >= 11 is 0. The van der Waals surface area contributed by atoms with Gasteiger partial charge in [-0.3, -0.25) is 5.10 Å². The normalized spacial score (nSPS) is 10.7. The molecule has 0 radical (unpaired) electrons. The molecule has 4 aromatic rings. The van der Waals surface area contributed by atoms with E-state index in [-0.39, 0.29) is 0 Å². The molecule has 4 rings (SSSR count). The Hall–Kier alpha value is -3.61. The van der Waals surface area contributed by atoms with Gasteiger partial charge >= 0.3 is 0 Å². The highest BCUT2D eigenvalue weighted by Crippen LogP contribution is 2.37. The van der Waals surface area contributed by atoms with E-state index in [0.29, 0.717) is 28.8 Å². The van der Waals surface area contributed by atoms with Gasteiger partial charge in [0.05, 0.1) is 37.2 Å². The number of nitrogens with zero attached hydrogens (tertiary/aromatic N) is 3. The van der Waals surface area contributed by atoms with E-state index in [9.17, 15) is 0 Å². The van der Waals surface area contributed by atoms with E-state index in [2.05, 4.69) is 20.3 Å². The minimum Gasteiger partial charge on any atom is -0.493 e. The highest BCUT2D eigenvalue weighted by atomic mass is 16.5. The molecule has 0 aliphatic heterocycles. The van der Waals surface area contributed by atoms with Crippen molar-refractivity contribution in [3.8, 4) is 45.6 Å². The Labute approximate surface area is 149 Å². The number of benzene rings is 2. The molecule has 0 unspecified atom stereocenters. The molecule has 130 valence electrons. The van der Waals surface area contributed by atoms with Crippen LogP contribution in [0.5, 0.6) is 11.5 Å². The fraction of sp³-hybridized carbons (Fsp3) is 0.105. The summed E-state index contributed by atoms with van der Waals surface area (Å²) in [7, 11) is 3.16. The van der Waals surface area contributed by atoms with Crippen LogP contribution < -0.4 is 9.47 Å². The number of nitrogens with one attached hydrogen (secondary N) is 1. The van der Waals surface area contributed by atoms with Crippen molar-refractivity contribution in [3.63, 3.8) is 0 Å². The Morgan fingerprint density at radius 3 is 2.54 bits per heavy atom. The van der Waals surface area contributed by atoms with E-state index >= 15 is 0 Å². The Kier molecular flexibility index (Phi) is 4.10. The molecule has 0 saturated carbocycles. The third-order valence-corrected chi connectivity index (χ3v) is 4.00. The molecular weight excluding hydrogens is 332 g/mol. The zero-order valence-corrected chi connectivity index (χ0v) is 14.3. The number of aromatic nitrogens is 4. The Bertz CT molecular complexity index is 1020. The molecule has 0 saturated heterocycles. The maximum absolute atomic E-state index is 5.48. The van der Waals surface area contributed by atoms with Crippen molar-refractivity contribution in [2.24, 2.45) is 0 Å². The molecule has 2 heterocycles. The lowest BCUT2D eigenvalue weighted by molar-refractivity contribution is 0.355. The first-order valence-electron chi connectivity index (χ1n) is 7.96. The summed E-state index contributed by atoms with van der Waals surface area (Å²) in [6, 6.07) is 15.4. The molecule has 2 aromatic heterocycles. The molecule has 0 atom stereocenters. The second-order valence-corrected chi connectivity index (χ2v) is 5.49. The molecule has 26 heavy (non-hydrogen) atoms. The lowest BCUT2D eigenvalue weighted by Crippen LogP contribution is -1.94. The van der Waals surface area contributed by atoms with Crippen molar-refractivity contribution in [1.82, 2.24) is 20.3 Å². The van der Waals surface area contributed by atoms with Crippen molar-refractivity contribution in [1.29, 1.82) is 0 Å². The first-order chi connectivity index (χ1) is 12.8. The first-order valence-corrected chi connectivity index (χ1v) is 7.96. The summed E-state index contributed by atoms with van der Waals surface area (Å²) in [6.45, 7) is 0. The number of methoxy groups -OCH3 is 2. The van der Waals surface area contributed by atoms with Crippen LogP contribution in [0.15, 0.2) is 59.3 Å². The van der Waals surface area contributed by atoms with Gasteiger partial charge in [-0.05, 0) is 12.1 Å². The molecule has 0 fully saturated rings. The third-order valence-electron chi connectivity index (χ3n) is 4.00. The number of aromatic amines is 1. The largest absolute Gasteiger partial charge is 0.493 e. The fourth-order valence-electron chi connectivity index (χ4n) is 2.78. The quantitative estimate of drug-likeness (QED) is 0.590. The van der Waals surface area contributed by atoms with E-state index < -0.39 is 0 Å². The monoisotopic (exact) mass is 348 g/mol. The summed E-state index contributed by atoms with van der Waals surface area (Å²) < 4.78 is 16.3. The van der Waals surface area contributed by atoms with Gasteiger partial charge in [0.2, 0.25) is 5.82 Å². The van der Waals surface area contributed by atoms with Crippen molar-refractivity contribution in [3.05, 3.63) is 54.7 Å².